The van der Waals surface area contributed by atoms with Gasteiger partial charge >= 0.3 is 0 Å². The van der Waals surface area contributed by atoms with Gasteiger partial charge in [0.15, 0.2) is 0 Å². The van der Waals surface area contributed by atoms with Crippen LogP contribution in [0.2, 0.25) is 0 Å². The Morgan fingerprint density at radius 2 is 2.11 bits per heavy atom. The topological polar surface area (TPSA) is 29.9 Å². The number of aryl methyl sites for hydroxylation is 2. The van der Waals surface area contributed by atoms with Crippen LogP contribution in [0.4, 0.5) is 0 Å². The van der Waals surface area contributed by atoms with Crippen LogP contribution >= 0.6 is 0 Å². The third-order valence-corrected chi connectivity index (χ3v) is 3.29. The minimum atomic E-state index is 0.934. The first-order chi connectivity index (χ1) is 9.26. The minimum absolute atomic E-state index is 0.934. The summed E-state index contributed by atoms with van der Waals surface area (Å²) in [5.74, 6) is 1.14. The molecule has 1 aromatic carbocycles. The first kappa shape index (κ1) is 13.8. The fourth-order valence-electron chi connectivity index (χ4n) is 2.33. The summed E-state index contributed by atoms with van der Waals surface area (Å²) in [7, 11) is 0. The third kappa shape index (κ3) is 3.24. The van der Waals surface area contributed by atoms with Gasteiger partial charge in [0.25, 0.3) is 0 Å². The lowest BCUT2D eigenvalue weighted by atomic mass is 10.1. The molecule has 0 saturated heterocycles. The zero-order valence-electron chi connectivity index (χ0n) is 12.1. The summed E-state index contributed by atoms with van der Waals surface area (Å²) in [4.78, 5) is 4.45. The molecular weight excluding hydrogens is 234 g/mol. The van der Waals surface area contributed by atoms with Gasteiger partial charge in [-0.15, -0.1) is 0 Å². The average molecular weight is 257 g/mol. The number of rotatable bonds is 6. The van der Waals surface area contributed by atoms with Crippen molar-refractivity contribution in [3.8, 4) is 5.69 Å². The fraction of sp³-hybridized carbons (Fsp3) is 0.438. The second-order valence-corrected chi connectivity index (χ2v) is 4.86. The van der Waals surface area contributed by atoms with Gasteiger partial charge in [0.1, 0.15) is 5.82 Å². The summed E-state index contributed by atoms with van der Waals surface area (Å²) in [5, 5.41) is 3.36. The molecule has 102 valence electrons. The number of nitrogens with one attached hydrogen (secondary N) is 1. The number of hydrogen-bond acceptors (Lipinski definition) is 2. The van der Waals surface area contributed by atoms with Crippen LogP contribution in [0.15, 0.2) is 30.6 Å². The van der Waals surface area contributed by atoms with E-state index in [0.717, 1.165) is 31.8 Å². The molecule has 0 fully saturated rings. The maximum Gasteiger partial charge on any atom is 0.113 e. The quantitative estimate of drug-likeness (QED) is 0.861. The zero-order valence-corrected chi connectivity index (χ0v) is 12.1. The van der Waals surface area contributed by atoms with Gasteiger partial charge in [0.2, 0.25) is 0 Å². The van der Waals surface area contributed by atoms with Crippen molar-refractivity contribution < 1.29 is 0 Å². The molecular formula is C16H23N3. The van der Waals surface area contributed by atoms with Crippen LogP contribution in [0.3, 0.4) is 0 Å². The van der Waals surface area contributed by atoms with Crippen molar-refractivity contribution in [1.82, 2.24) is 14.9 Å². The van der Waals surface area contributed by atoms with Crippen LogP contribution in [0.1, 0.15) is 37.2 Å². The predicted octanol–water partition coefficient (Wildman–Crippen LogP) is 3.24. The second-order valence-electron chi connectivity index (χ2n) is 4.86. The molecule has 0 aliphatic rings. The van der Waals surface area contributed by atoms with Crippen molar-refractivity contribution in [3.63, 3.8) is 0 Å². The SMILES string of the molecule is CCCc1nccn1-c1ccc(CNCC)cc1C. The highest BCUT2D eigenvalue weighted by Gasteiger charge is 2.07. The van der Waals surface area contributed by atoms with Gasteiger partial charge in [-0.05, 0) is 37.1 Å². The Morgan fingerprint density at radius 3 is 2.79 bits per heavy atom. The Balaban J connectivity index is 2.27. The number of aromatic nitrogens is 2. The van der Waals surface area contributed by atoms with Gasteiger partial charge in [-0.1, -0.05) is 26.0 Å². The summed E-state index contributed by atoms with van der Waals surface area (Å²) < 4.78 is 2.20. The Kier molecular flexibility index (Phi) is 4.74. The molecule has 0 spiro atoms. The van der Waals surface area contributed by atoms with E-state index in [4.69, 9.17) is 0 Å². The highest BCUT2D eigenvalue weighted by molar-refractivity contribution is 5.43. The van der Waals surface area contributed by atoms with E-state index in [-0.39, 0.29) is 0 Å². The number of hydrogen-bond donors (Lipinski definition) is 1. The van der Waals surface area contributed by atoms with E-state index in [9.17, 15) is 0 Å². The molecule has 1 heterocycles. The Labute approximate surface area is 115 Å². The number of nitrogens with zero attached hydrogens (tertiary/aromatic N) is 2. The summed E-state index contributed by atoms with van der Waals surface area (Å²) in [5.41, 5.74) is 3.87. The van der Waals surface area contributed by atoms with E-state index in [2.05, 4.69) is 60.0 Å². The van der Waals surface area contributed by atoms with Crippen molar-refractivity contribution in [2.24, 2.45) is 0 Å². The highest BCUT2D eigenvalue weighted by Crippen LogP contribution is 2.18. The van der Waals surface area contributed by atoms with Crippen molar-refractivity contribution in [2.75, 3.05) is 6.54 Å². The molecule has 2 aromatic rings. The van der Waals surface area contributed by atoms with Gasteiger partial charge < -0.3 is 9.88 Å². The van der Waals surface area contributed by atoms with E-state index < -0.39 is 0 Å². The molecule has 3 heteroatoms. The van der Waals surface area contributed by atoms with Gasteiger partial charge in [-0.2, -0.15) is 0 Å². The predicted molar refractivity (Wildman–Crippen MR) is 79.7 cm³/mol. The molecule has 2 rings (SSSR count). The van der Waals surface area contributed by atoms with Crippen LogP contribution in [-0.2, 0) is 13.0 Å². The van der Waals surface area contributed by atoms with Crippen molar-refractivity contribution >= 4 is 0 Å². The van der Waals surface area contributed by atoms with Gasteiger partial charge in [-0.25, -0.2) is 4.98 Å². The molecule has 0 amide bonds. The third-order valence-electron chi connectivity index (χ3n) is 3.29. The first-order valence-corrected chi connectivity index (χ1v) is 7.09. The standard InChI is InChI=1S/C16H23N3/c1-4-6-16-18-9-10-19(16)15-8-7-14(11-13(15)3)12-17-5-2/h7-11,17H,4-6,12H2,1-3H3. The van der Waals surface area contributed by atoms with Crippen molar-refractivity contribution in [2.45, 2.75) is 40.2 Å². The molecule has 0 aliphatic carbocycles. The van der Waals surface area contributed by atoms with E-state index in [1.54, 1.807) is 0 Å². The summed E-state index contributed by atoms with van der Waals surface area (Å²) >= 11 is 0. The van der Waals surface area contributed by atoms with Crippen LogP contribution in [0, 0.1) is 6.92 Å². The van der Waals surface area contributed by atoms with Crippen LogP contribution in [0.25, 0.3) is 5.69 Å². The molecule has 0 radical (unpaired) electrons. The Hall–Kier alpha value is -1.61. The van der Waals surface area contributed by atoms with Crippen LogP contribution in [0.5, 0.6) is 0 Å². The Bertz CT molecular complexity index is 529. The lowest BCUT2D eigenvalue weighted by Crippen LogP contribution is -2.12. The van der Waals surface area contributed by atoms with Gasteiger partial charge in [0.05, 0.1) is 0 Å². The van der Waals surface area contributed by atoms with Crippen LogP contribution < -0.4 is 5.32 Å². The highest BCUT2D eigenvalue weighted by atomic mass is 15.1. The van der Waals surface area contributed by atoms with Crippen LogP contribution in [-0.4, -0.2) is 16.1 Å². The molecule has 3 nitrogen and oxygen atoms in total. The monoisotopic (exact) mass is 257 g/mol. The molecule has 0 saturated carbocycles. The molecule has 1 N–H and O–H groups in total. The smallest absolute Gasteiger partial charge is 0.113 e. The first-order valence-electron chi connectivity index (χ1n) is 7.09. The molecule has 1 aromatic heterocycles. The van der Waals surface area contributed by atoms with Crippen molar-refractivity contribution in [3.05, 3.63) is 47.5 Å². The summed E-state index contributed by atoms with van der Waals surface area (Å²) in [6, 6.07) is 6.65. The minimum Gasteiger partial charge on any atom is -0.313 e. The second kappa shape index (κ2) is 6.53. The van der Waals surface area contributed by atoms with E-state index in [1.165, 1.54) is 16.8 Å². The maximum atomic E-state index is 4.45. The number of benzene rings is 1. The molecule has 0 bridgehead atoms. The zero-order chi connectivity index (χ0) is 13.7. The van der Waals surface area contributed by atoms with Gasteiger partial charge in [0, 0.05) is 31.0 Å². The molecule has 19 heavy (non-hydrogen) atoms. The lowest BCUT2D eigenvalue weighted by molar-refractivity contribution is 0.725. The molecule has 0 unspecified atom stereocenters. The molecule has 0 atom stereocenters. The van der Waals surface area contributed by atoms with E-state index in [0.29, 0.717) is 0 Å². The lowest BCUT2D eigenvalue weighted by Gasteiger charge is -2.12. The fourth-order valence-corrected chi connectivity index (χ4v) is 2.33. The summed E-state index contributed by atoms with van der Waals surface area (Å²) in [6.07, 6.45) is 6.08. The molecule has 0 aliphatic heterocycles. The normalized spacial score (nSPS) is 10.9. The van der Waals surface area contributed by atoms with Gasteiger partial charge in [-0.3, -0.25) is 0 Å². The van der Waals surface area contributed by atoms with E-state index in [1.807, 2.05) is 6.20 Å². The summed E-state index contributed by atoms with van der Waals surface area (Å²) in [6.45, 7) is 8.42. The number of imidazole rings is 1. The average Bonchev–Trinajstić information content (AvgIpc) is 2.85. The maximum absolute atomic E-state index is 4.45. The van der Waals surface area contributed by atoms with E-state index >= 15 is 0 Å². The largest absolute Gasteiger partial charge is 0.313 e. The Morgan fingerprint density at radius 1 is 1.26 bits per heavy atom. The van der Waals surface area contributed by atoms with Crippen molar-refractivity contribution in [1.29, 1.82) is 0 Å².